The number of nitrogens with zero attached hydrogens (tertiary/aromatic N) is 3. The second-order valence-electron chi connectivity index (χ2n) is 6.30. The molecule has 1 saturated heterocycles. The Morgan fingerprint density at radius 1 is 1.48 bits per heavy atom. The minimum Gasteiger partial charge on any atom is -0.390 e. The van der Waals surface area contributed by atoms with Crippen molar-refractivity contribution in [3.8, 4) is 0 Å². The van der Waals surface area contributed by atoms with Gasteiger partial charge in [0.15, 0.2) is 8.46 Å². The first kappa shape index (κ1) is 20.8. The van der Waals surface area contributed by atoms with Crippen LogP contribution in [0.2, 0.25) is 0 Å². The molecule has 0 bridgehead atoms. The van der Waals surface area contributed by atoms with E-state index in [2.05, 4.69) is 25.6 Å². The molecule has 12 heteroatoms. The zero-order valence-corrected chi connectivity index (χ0v) is 16.3. The molecule has 0 aromatic carbocycles. The quantitative estimate of drug-likeness (QED) is 0.254. The molecule has 2 aromatic heterocycles. The summed E-state index contributed by atoms with van der Waals surface area (Å²) in [6, 6.07) is 1.61. The van der Waals surface area contributed by atoms with Crippen LogP contribution in [-0.4, -0.2) is 62.0 Å². The first-order valence-corrected chi connectivity index (χ1v) is 9.96. The summed E-state index contributed by atoms with van der Waals surface area (Å²) < 4.78 is 17.6. The molecule has 1 amide bonds. The lowest BCUT2D eigenvalue weighted by molar-refractivity contribution is -0.116. The fourth-order valence-corrected chi connectivity index (χ4v) is 3.29. The van der Waals surface area contributed by atoms with Crippen molar-refractivity contribution >= 4 is 26.3 Å². The average molecular weight is 420 g/mol. The number of hydrogen-bond acceptors (Lipinski definition) is 8. The van der Waals surface area contributed by atoms with E-state index in [1.54, 1.807) is 18.3 Å². The van der Waals surface area contributed by atoms with E-state index in [9.17, 15) is 19.3 Å². The van der Waals surface area contributed by atoms with Crippen LogP contribution in [0.5, 0.6) is 0 Å². The third-order valence-corrected chi connectivity index (χ3v) is 4.77. The van der Waals surface area contributed by atoms with E-state index in [4.69, 9.17) is 4.74 Å². The van der Waals surface area contributed by atoms with Crippen LogP contribution >= 0.6 is 8.46 Å². The number of anilines is 1. The smallest absolute Gasteiger partial charge is 0.351 e. The lowest BCUT2D eigenvalue weighted by Gasteiger charge is -2.14. The highest BCUT2D eigenvalue weighted by Gasteiger charge is 2.35. The molecule has 3 atom stereocenters. The number of H-pyrrole nitrogens is 1. The van der Waals surface area contributed by atoms with Gasteiger partial charge in [-0.05, 0) is 12.1 Å². The number of hydrogen-bond donors (Lipinski definition) is 4. The van der Waals surface area contributed by atoms with Crippen molar-refractivity contribution in [3.05, 3.63) is 47.0 Å². The molecule has 3 heterocycles. The van der Waals surface area contributed by atoms with Crippen molar-refractivity contribution in [1.29, 1.82) is 0 Å². The van der Waals surface area contributed by atoms with Gasteiger partial charge in [-0.2, -0.15) is 4.98 Å². The van der Waals surface area contributed by atoms with Gasteiger partial charge in [0.05, 0.1) is 36.6 Å². The SMILES string of the molecule is O=PCC1OC(n2ccc(NCCNC(=O)/C=C/c3cnc[nH]3)nc2=O)CC1O. The highest BCUT2D eigenvalue weighted by molar-refractivity contribution is 7.23. The Morgan fingerprint density at radius 3 is 3.07 bits per heavy atom. The maximum Gasteiger partial charge on any atom is 0.351 e. The summed E-state index contributed by atoms with van der Waals surface area (Å²) in [6.45, 7) is 0.717. The third kappa shape index (κ3) is 5.80. The maximum atomic E-state index is 12.2. The van der Waals surface area contributed by atoms with Crippen LogP contribution in [0, 0.1) is 0 Å². The minimum atomic E-state index is -0.780. The Bertz CT molecular complexity index is 915. The molecule has 29 heavy (non-hydrogen) atoms. The molecule has 0 spiro atoms. The topological polar surface area (TPSA) is 151 Å². The highest BCUT2D eigenvalue weighted by Crippen LogP contribution is 2.29. The van der Waals surface area contributed by atoms with Gasteiger partial charge in [0.25, 0.3) is 0 Å². The van der Waals surface area contributed by atoms with Gasteiger partial charge < -0.3 is 25.5 Å². The van der Waals surface area contributed by atoms with Gasteiger partial charge in [0.1, 0.15) is 12.0 Å². The Labute approximate surface area is 167 Å². The second-order valence-corrected chi connectivity index (χ2v) is 6.93. The fourth-order valence-electron chi connectivity index (χ4n) is 2.81. The van der Waals surface area contributed by atoms with Crippen LogP contribution in [0.1, 0.15) is 18.3 Å². The van der Waals surface area contributed by atoms with Crippen LogP contribution in [0.25, 0.3) is 6.08 Å². The largest absolute Gasteiger partial charge is 0.390 e. The third-order valence-electron chi connectivity index (χ3n) is 4.26. The number of aliphatic hydroxyl groups excluding tert-OH is 1. The Morgan fingerprint density at radius 2 is 2.34 bits per heavy atom. The number of amides is 1. The molecule has 0 saturated carbocycles. The van der Waals surface area contributed by atoms with Crippen LogP contribution in [-0.2, 0) is 14.1 Å². The average Bonchev–Trinajstić information content (AvgIpc) is 3.34. The zero-order valence-electron chi connectivity index (χ0n) is 15.4. The van der Waals surface area contributed by atoms with Crippen LogP contribution in [0.15, 0.2) is 35.7 Å². The number of nitrogens with one attached hydrogen (secondary N) is 3. The van der Waals surface area contributed by atoms with Gasteiger partial charge >= 0.3 is 5.69 Å². The zero-order chi connectivity index (χ0) is 20.6. The van der Waals surface area contributed by atoms with E-state index in [1.807, 2.05) is 0 Å². The number of aliphatic hydroxyl groups is 1. The summed E-state index contributed by atoms with van der Waals surface area (Å²) >= 11 is 0. The summed E-state index contributed by atoms with van der Waals surface area (Å²) in [5.74, 6) is 0.107. The fraction of sp³-hybridized carbons (Fsp3) is 0.412. The van der Waals surface area contributed by atoms with Gasteiger partial charge in [-0.15, -0.1) is 0 Å². The van der Waals surface area contributed by atoms with E-state index in [-0.39, 0.29) is 27.0 Å². The lowest BCUT2D eigenvalue weighted by Crippen LogP contribution is -2.30. The number of ether oxygens (including phenoxy) is 1. The van der Waals surface area contributed by atoms with E-state index < -0.39 is 24.1 Å². The number of aromatic nitrogens is 4. The van der Waals surface area contributed by atoms with Gasteiger partial charge in [-0.25, -0.2) is 9.78 Å². The molecule has 1 fully saturated rings. The first-order chi connectivity index (χ1) is 14.1. The number of aromatic amines is 1. The number of carbonyl (C=O) groups excluding carboxylic acids is 1. The van der Waals surface area contributed by atoms with Gasteiger partial charge in [0, 0.05) is 31.8 Å². The maximum absolute atomic E-state index is 12.2. The molecule has 1 aliphatic heterocycles. The highest BCUT2D eigenvalue weighted by atomic mass is 31.1. The molecule has 0 radical (unpaired) electrons. The summed E-state index contributed by atoms with van der Waals surface area (Å²) in [6.07, 6.45) is 6.04. The van der Waals surface area contributed by atoms with Crippen molar-refractivity contribution in [1.82, 2.24) is 24.8 Å². The standard InChI is InChI=1S/C17H21N6O5P/c24-12-7-16(28-13(12)9-29-27)23-6-3-14(22-17(23)26)19-4-5-20-15(25)2-1-11-8-18-10-21-11/h1-3,6,8,10,12-13,16,24H,4-5,7,9H2,(H,18,21)(H,20,25)(H,19,22,26)/b2-1+. The van der Waals surface area contributed by atoms with E-state index in [1.165, 1.54) is 23.2 Å². The van der Waals surface area contributed by atoms with Crippen LogP contribution < -0.4 is 16.3 Å². The van der Waals surface area contributed by atoms with E-state index >= 15 is 0 Å². The Hall–Kier alpha value is -2.88. The molecule has 0 aliphatic carbocycles. The molecular weight excluding hydrogens is 399 g/mol. The predicted octanol–water partition coefficient (Wildman–Crippen LogP) is 0.148. The number of carbonyl (C=O) groups is 1. The van der Waals surface area contributed by atoms with Crippen molar-refractivity contribution in [2.45, 2.75) is 24.9 Å². The Kier molecular flexibility index (Phi) is 7.23. The van der Waals surface area contributed by atoms with E-state index in [0.717, 1.165) is 5.69 Å². The molecule has 2 aromatic rings. The van der Waals surface area contributed by atoms with Crippen molar-refractivity contribution in [2.75, 3.05) is 24.6 Å². The summed E-state index contributed by atoms with van der Waals surface area (Å²) in [4.78, 5) is 34.6. The van der Waals surface area contributed by atoms with Gasteiger partial charge in [-0.3, -0.25) is 13.9 Å². The Balaban J connectivity index is 1.45. The van der Waals surface area contributed by atoms with Crippen LogP contribution in [0.4, 0.5) is 5.82 Å². The number of imidazole rings is 1. The van der Waals surface area contributed by atoms with Crippen molar-refractivity contribution in [3.63, 3.8) is 0 Å². The molecule has 3 unspecified atom stereocenters. The lowest BCUT2D eigenvalue weighted by atomic mass is 10.2. The first-order valence-electron chi connectivity index (χ1n) is 8.97. The summed E-state index contributed by atoms with van der Waals surface area (Å²) in [5.41, 5.74) is 0.194. The second kappa shape index (κ2) is 10.1. The van der Waals surface area contributed by atoms with Crippen molar-refractivity contribution in [2.24, 2.45) is 0 Å². The normalized spacial score (nSPS) is 21.6. The summed E-state index contributed by atoms with van der Waals surface area (Å²) in [5, 5.41) is 15.6. The van der Waals surface area contributed by atoms with E-state index in [0.29, 0.717) is 18.9 Å². The molecule has 1 aliphatic rings. The molecular formula is C17H21N6O5P. The van der Waals surface area contributed by atoms with Crippen molar-refractivity contribution < 1.29 is 19.2 Å². The molecule has 154 valence electrons. The summed E-state index contributed by atoms with van der Waals surface area (Å²) in [7, 11) is -0.120. The number of rotatable bonds is 9. The monoisotopic (exact) mass is 420 g/mol. The molecule has 4 N–H and O–H groups in total. The van der Waals surface area contributed by atoms with Gasteiger partial charge in [0.2, 0.25) is 5.91 Å². The van der Waals surface area contributed by atoms with Crippen LogP contribution in [0.3, 0.4) is 0 Å². The molecule has 11 nitrogen and oxygen atoms in total. The minimum absolute atomic E-state index is 0.120. The van der Waals surface area contributed by atoms with Gasteiger partial charge in [-0.1, -0.05) is 0 Å². The molecule has 3 rings (SSSR count). The predicted molar refractivity (Wildman–Crippen MR) is 105 cm³/mol.